The number of rotatable bonds is 3. The molecule has 0 radical (unpaired) electrons. The average molecular weight is 372 g/mol. The first-order valence-electron chi connectivity index (χ1n) is 9.42. The topological polar surface area (TPSA) is 60.8 Å². The van der Waals surface area contributed by atoms with Crippen LogP contribution < -0.4 is 0 Å². The first-order chi connectivity index (χ1) is 12.8. The van der Waals surface area contributed by atoms with Crippen molar-refractivity contribution < 1.29 is 19.1 Å². The van der Waals surface area contributed by atoms with Crippen LogP contribution in [-0.2, 0) is 16.0 Å². The SMILES string of the molecule is COC(=O)c1cccc2ccn(CC3CCN(C(=O)OC(C)(C)C)CC3)c12. The van der Waals surface area contributed by atoms with Crippen molar-refractivity contribution in [2.75, 3.05) is 20.2 Å². The van der Waals surface area contributed by atoms with Crippen LogP contribution in [0.3, 0.4) is 0 Å². The zero-order valence-electron chi connectivity index (χ0n) is 16.5. The molecule has 1 fully saturated rings. The standard InChI is InChI=1S/C21H28N2O4/c1-21(2,3)27-20(25)22-11-8-15(9-12-22)14-23-13-10-16-6-5-7-17(18(16)23)19(24)26-4/h5-7,10,13,15H,8-9,11-12,14H2,1-4H3. The predicted molar refractivity (Wildman–Crippen MR) is 104 cm³/mol. The van der Waals surface area contributed by atoms with Crippen LogP contribution in [0.15, 0.2) is 30.5 Å². The van der Waals surface area contributed by atoms with Crippen LogP contribution in [0.4, 0.5) is 4.79 Å². The molecule has 1 aliphatic heterocycles. The largest absolute Gasteiger partial charge is 0.465 e. The van der Waals surface area contributed by atoms with Crippen molar-refractivity contribution in [2.45, 2.75) is 45.8 Å². The highest BCUT2D eigenvalue weighted by molar-refractivity contribution is 6.03. The highest BCUT2D eigenvalue weighted by Gasteiger charge is 2.27. The monoisotopic (exact) mass is 372 g/mol. The van der Waals surface area contributed by atoms with E-state index in [-0.39, 0.29) is 12.1 Å². The van der Waals surface area contributed by atoms with Gasteiger partial charge in [0, 0.05) is 31.2 Å². The molecule has 0 spiro atoms. The van der Waals surface area contributed by atoms with Crippen molar-refractivity contribution in [3.05, 3.63) is 36.0 Å². The zero-order valence-corrected chi connectivity index (χ0v) is 16.5. The zero-order chi connectivity index (χ0) is 19.6. The third-order valence-corrected chi connectivity index (χ3v) is 4.91. The van der Waals surface area contributed by atoms with E-state index in [2.05, 4.69) is 4.57 Å². The summed E-state index contributed by atoms with van der Waals surface area (Å²) < 4.78 is 12.5. The number of nitrogens with zero attached hydrogens (tertiary/aromatic N) is 2. The summed E-state index contributed by atoms with van der Waals surface area (Å²) >= 11 is 0. The fourth-order valence-corrected chi connectivity index (χ4v) is 3.59. The Bertz CT molecular complexity index is 826. The lowest BCUT2D eigenvalue weighted by atomic mass is 9.97. The lowest BCUT2D eigenvalue weighted by Crippen LogP contribution is -2.42. The van der Waals surface area contributed by atoms with Gasteiger partial charge in [-0.05, 0) is 51.7 Å². The van der Waals surface area contributed by atoms with Crippen LogP contribution in [0.1, 0.15) is 44.0 Å². The van der Waals surface area contributed by atoms with E-state index in [1.807, 2.05) is 45.2 Å². The molecule has 1 aliphatic rings. The first-order valence-corrected chi connectivity index (χ1v) is 9.42. The van der Waals surface area contributed by atoms with Crippen molar-refractivity contribution >= 4 is 23.0 Å². The van der Waals surface area contributed by atoms with Gasteiger partial charge in [-0.15, -0.1) is 0 Å². The number of piperidine rings is 1. The van der Waals surface area contributed by atoms with E-state index in [9.17, 15) is 9.59 Å². The van der Waals surface area contributed by atoms with E-state index >= 15 is 0 Å². The van der Waals surface area contributed by atoms with Gasteiger partial charge >= 0.3 is 12.1 Å². The van der Waals surface area contributed by atoms with Gasteiger partial charge in [-0.25, -0.2) is 9.59 Å². The summed E-state index contributed by atoms with van der Waals surface area (Å²) in [5.41, 5.74) is 1.03. The van der Waals surface area contributed by atoms with Gasteiger partial charge in [0.25, 0.3) is 0 Å². The van der Waals surface area contributed by atoms with Crippen molar-refractivity contribution in [1.29, 1.82) is 0 Å². The van der Waals surface area contributed by atoms with E-state index in [1.54, 1.807) is 11.0 Å². The number of para-hydroxylation sites is 1. The van der Waals surface area contributed by atoms with E-state index in [1.165, 1.54) is 7.11 Å². The van der Waals surface area contributed by atoms with Crippen LogP contribution in [0.2, 0.25) is 0 Å². The van der Waals surface area contributed by atoms with Gasteiger partial charge in [-0.1, -0.05) is 12.1 Å². The second kappa shape index (κ2) is 7.62. The Hall–Kier alpha value is -2.50. The van der Waals surface area contributed by atoms with Crippen LogP contribution in [0.25, 0.3) is 10.9 Å². The Morgan fingerprint density at radius 3 is 2.48 bits per heavy atom. The van der Waals surface area contributed by atoms with Crippen LogP contribution in [-0.4, -0.2) is 47.3 Å². The Kier molecular flexibility index (Phi) is 5.44. The summed E-state index contributed by atoms with van der Waals surface area (Å²) in [5, 5.41) is 1.03. The van der Waals surface area contributed by atoms with E-state index in [0.717, 1.165) is 30.3 Å². The lowest BCUT2D eigenvalue weighted by molar-refractivity contribution is 0.0178. The quantitative estimate of drug-likeness (QED) is 0.762. The molecule has 0 N–H and O–H groups in total. The molecule has 0 aliphatic carbocycles. The highest BCUT2D eigenvalue weighted by Crippen LogP contribution is 2.26. The lowest BCUT2D eigenvalue weighted by Gasteiger charge is -2.33. The van der Waals surface area contributed by atoms with Crippen molar-refractivity contribution in [3.8, 4) is 0 Å². The molecule has 0 bridgehead atoms. The fraction of sp³-hybridized carbons (Fsp3) is 0.524. The minimum atomic E-state index is -0.470. The van der Waals surface area contributed by atoms with Gasteiger partial charge in [0.1, 0.15) is 5.60 Å². The number of hydrogen-bond donors (Lipinski definition) is 0. The molecule has 6 heteroatoms. The Morgan fingerprint density at radius 2 is 1.85 bits per heavy atom. The molecule has 1 amide bonds. The van der Waals surface area contributed by atoms with E-state index < -0.39 is 5.60 Å². The molecule has 6 nitrogen and oxygen atoms in total. The summed E-state index contributed by atoms with van der Waals surface area (Å²) in [6.07, 6.45) is 3.62. The number of ether oxygens (including phenoxy) is 2. The van der Waals surface area contributed by atoms with Crippen LogP contribution >= 0.6 is 0 Å². The van der Waals surface area contributed by atoms with Crippen molar-refractivity contribution in [2.24, 2.45) is 5.92 Å². The number of amides is 1. The molecule has 1 saturated heterocycles. The summed E-state index contributed by atoms with van der Waals surface area (Å²) in [4.78, 5) is 26.1. The molecule has 3 rings (SSSR count). The fourth-order valence-electron chi connectivity index (χ4n) is 3.59. The maximum absolute atomic E-state index is 12.2. The van der Waals surface area contributed by atoms with Gasteiger partial charge in [0.15, 0.2) is 0 Å². The number of aromatic nitrogens is 1. The second-order valence-corrected chi connectivity index (χ2v) is 8.11. The Balaban J connectivity index is 1.68. The average Bonchev–Trinajstić information content (AvgIpc) is 3.03. The number of carbonyl (C=O) groups excluding carboxylic acids is 2. The Morgan fingerprint density at radius 1 is 1.15 bits per heavy atom. The number of carbonyl (C=O) groups is 2. The molecule has 1 aromatic heterocycles. The van der Waals surface area contributed by atoms with Crippen molar-refractivity contribution in [1.82, 2.24) is 9.47 Å². The van der Waals surface area contributed by atoms with Gasteiger partial charge in [0.05, 0.1) is 18.2 Å². The number of hydrogen-bond acceptors (Lipinski definition) is 4. The number of likely N-dealkylation sites (tertiary alicyclic amines) is 1. The summed E-state index contributed by atoms with van der Waals surface area (Å²) in [6.45, 7) is 7.86. The summed E-state index contributed by atoms with van der Waals surface area (Å²) in [5.74, 6) is 0.130. The summed E-state index contributed by atoms with van der Waals surface area (Å²) in [6, 6.07) is 7.70. The third-order valence-electron chi connectivity index (χ3n) is 4.91. The molecule has 0 unspecified atom stereocenters. The molecule has 0 saturated carbocycles. The van der Waals surface area contributed by atoms with Gasteiger partial charge in [-0.2, -0.15) is 0 Å². The number of benzene rings is 1. The molecular weight excluding hydrogens is 344 g/mol. The van der Waals surface area contributed by atoms with E-state index in [4.69, 9.17) is 9.47 Å². The van der Waals surface area contributed by atoms with Crippen molar-refractivity contribution in [3.63, 3.8) is 0 Å². The molecular formula is C21H28N2O4. The molecule has 146 valence electrons. The smallest absolute Gasteiger partial charge is 0.410 e. The molecule has 0 atom stereocenters. The van der Waals surface area contributed by atoms with E-state index in [0.29, 0.717) is 24.6 Å². The van der Waals surface area contributed by atoms with Gasteiger partial charge in [-0.3, -0.25) is 0 Å². The van der Waals surface area contributed by atoms with Crippen LogP contribution in [0, 0.1) is 5.92 Å². The molecule has 2 heterocycles. The summed E-state index contributed by atoms with van der Waals surface area (Å²) in [7, 11) is 1.40. The second-order valence-electron chi connectivity index (χ2n) is 8.11. The number of methoxy groups -OCH3 is 1. The maximum atomic E-state index is 12.2. The van der Waals surface area contributed by atoms with Gasteiger partial charge in [0.2, 0.25) is 0 Å². The molecule has 27 heavy (non-hydrogen) atoms. The minimum Gasteiger partial charge on any atom is -0.465 e. The molecule has 1 aromatic carbocycles. The first kappa shape index (κ1) is 19.3. The maximum Gasteiger partial charge on any atom is 0.410 e. The normalized spacial score (nSPS) is 15.8. The highest BCUT2D eigenvalue weighted by atomic mass is 16.6. The Labute approximate surface area is 160 Å². The third kappa shape index (κ3) is 4.43. The molecule has 2 aromatic rings. The van der Waals surface area contributed by atoms with Gasteiger partial charge < -0.3 is 18.9 Å². The predicted octanol–water partition coefficient (Wildman–Crippen LogP) is 4.08. The minimum absolute atomic E-state index is 0.236. The number of esters is 1. The number of fused-ring (bicyclic) bond motifs is 1. The van der Waals surface area contributed by atoms with Crippen LogP contribution in [0.5, 0.6) is 0 Å².